The Morgan fingerprint density at radius 2 is 1.23 bits per heavy atom. The number of sulfonamides is 1. The molecule has 4 nitrogen and oxygen atoms in total. The van der Waals surface area contributed by atoms with Crippen LogP contribution in [0.4, 0.5) is 0 Å². The van der Waals surface area contributed by atoms with Gasteiger partial charge in [-0.1, -0.05) is 60.7 Å². The number of methoxy groups -OCH3 is 1. The van der Waals surface area contributed by atoms with Crippen LogP contribution in [-0.2, 0) is 10.0 Å². The second-order valence-corrected chi connectivity index (χ2v) is 7.92. The lowest BCUT2D eigenvalue weighted by atomic mass is 9.99. The van der Waals surface area contributed by atoms with Crippen LogP contribution < -0.4 is 4.74 Å². The zero-order valence-corrected chi connectivity index (χ0v) is 15.6. The van der Waals surface area contributed by atoms with Crippen molar-refractivity contribution in [1.29, 1.82) is 0 Å². The molecule has 0 saturated carbocycles. The molecule has 0 aliphatic rings. The predicted octanol–water partition coefficient (Wildman–Crippen LogP) is 4.11. The molecule has 3 aromatic rings. The number of ether oxygens (including phenoxy) is 1. The van der Waals surface area contributed by atoms with Gasteiger partial charge in [0.25, 0.3) is 0 Å². The van der Waals surface area contributed by atoms with E-state index in [2.05, 4.69) is 0 Å². The molecule has 0 amide bonds. The van der Waals surface area contributed by atoms with Gasteiger partial charge in [0.15, 0.2) is 0 Å². The van der Waals surface area contributed by atoms with Crippen LogP contribution in [0.3, 0.4) is 0 Å². The lowest BCUT2D eigenvalue weighted by Crippen LogP contribution is -2.32. The minimum atomic E-state index is -3.68. The van der Waals surface area contributed by atoms with Crippen LogP contribution in [0.2, 0.25) is 0 Å². The Bertz CT molecular complexity index is 900. The SMILES string of the molecule is COc1ccc(S(=O)(=O)N(C)C(c2ccccc2)c2ccccc2)cc1. The molecule has 3 rings (SSSR count). The minimum absolute atomic E-state index is 0.234. The van der Waals surface area contributed by atoms with Crippen LogP contribution in [0.5, 0.6) is 5.75 Å². The van der Waals surface area contributed by atoms with Crippen LogP contribution in [0, 0.1) is 0 Å². The molecular formula is C21H21NO3S. The van der Waals surface area contributed by atoms with E-state index in [1.807, 2.05) is 60.7 Å². The third-order valence-corrected chi connectivity index (χ3v) is 6.17. The molecule has 0 radical (unpaired) electrons. The third-order valence-electron chi connectivity index (χ3n) is 4.33. The summed E-state index contributed by atoms with van der Waals surface area (Å²) in [5.74, 6) is 0.620. The third kappa shape index (κ3) is 3.64. The molecule has 0 bridgehead atoms. The Hall–Kier alpha value is -2.63. The van der Waals surface area contributed by atoms with E-state index in [-0.39, 0.29) is 4.90 Å². The summed E-state index contributed by atoms with van der Waals surface area (Å²) >= 11 is 0. The summed E-state index contributed by atoms with van der Waals surface area (Å²) in [7, 11) is -0.514. The number of hydrogen-bond donors (Lipinski definition) is 0. The Morgan fingerprint density at radius 1 is 0.769 bits per heavy atom. The number of benzene rings is 3. The van der Waals surface area contributed by atoms with Crippen LogP contribution in [0.15, 0.2) is 89.8 Å². The van der Waals surface area contributed by atoms with Crippen molar-refractivity contribution in [3.8, 4) is 5.75 Å². The fraction of sp³-hybridized carbons (Fsp3) is 0.143. The highest BCUT2D eigenvalue weighted by atomic mass is 32.2. The molecule has 0 unspecified atom stereocenters. The molecule has 3 aromatic carbocycles. The van der Waals surface area contributed by atoms with Crippen molar-refractivity contribution in [2.75, 3.05) is 14.2 Å². The average molecular weight is 367 g/mol. The molecule has 0 aliphatic carbocycles. The fourth-order valence-electron chi connectivity index (χ4n) is 2.94. The first-order chi connectivity index (χ1) is 12.5. The number of hydrogen-bond acceptors (Lipinski definition) is 3. The molecule has 0 heterocycles. The highest BCUT2D eigenvalue weighted by Gasteiger charge is 2.30. The van der Waals surface area contributed by atoms with Crippen molar-refractivity contribution in [2.45, 2.75) is 10.9 Å². The van der Waals surface area contributed by atoms with Crippen LogP contribution in [0.1, 0.15) is 17.2 Å². The summed E-state index contributed by atoms with van der Waals surface area (Å²) in [4.78, 5) is 0.234. The monoisotopic (exact) mass is 367 g/mol. The Morgan fingerprint density at radius 3 is 1.65 bits per heavy atom. The van der Waals surface area contributed by atoms with Crippen molar-refractivity contribution >= 4 is 10.0 Å². The van der Waals surface area contributed by atoms with E-state index in [4.69, 9.17) is 4.74 Å². The van der Waals surface area contributed by atoms with Gasteiger partial charge in [-0.15, -0.1) is 0 Å². The smallest absolute Gasteiger partial charge is 0.243 e. The normalized spacial score (nSPS) is 11.7. The van der Waals surface area contributed by atoms with Gasteiger partial charge in [-0.05, 0) is 35.4 Å². The van der Waals surface area contributed by atoms with Gasteiger partial charge in [0, 0.05) is 7.05 Å². The van der Waals surface area contributed by atoms with Gasteiger partial charge in [0.1, 0.15) is 5.75 Å². The molecule has 0 aliphatic heterocycles. The Labute approximate surface area is 154 Å². The first-order valence-electron chi connectivity index (χ1n) is 8.26. The standard InChI is InChI=1S/C21H21NO3S/c1-22(26(23,24)20-15-13-19(25-2)14-16-20)21(17-9-5-3-6-10-17)18-11-7-4-8-12-18/h3-16,21H,1-2H3. The summed E-state index contributed by atoms with van der Waals surface area (Å²) in [5, 5.41) is 0. The molecule has 0 fully saturated rings. The van der Waals surface area contributed by atoms with Gasteiger partial charge in [0.2, 0.25) is 10.0 Å². The molecule has 0 spiro atoms. The summed E-state index contributed by atoms with van der Waals surface area (Å²) < 4.78 is 32.9. The first kappa shape index (κ1) is 18.2. The first-order valence-corrected chi connectivity index (χ1v) is 9.70. The minimum Gasteiger partial charge on any atom is -0.497 e. The van der Waals surface area contributed by atoms with Crippen molar-refractivity contribution in [3.63, 3.8) is 0 Å². The summed E-state index contributed by atoms with van der Waals surface area (Å²) in [5.41, 5.74) is 1.83. The van der Waals surface area contributed by atoms with Gasteiger partial charge in [0.05, 0.1) is 18.0 Å². The highest BCUT2D eigenvalue weighted by molar-refractivity contribution is 7.89. The topological polar surface area (TPSA) is 46.6 Å². The van der Waals surface area contributed by atoms with Crippen LogP contribution in [-0.4, -0.2) is 26.9 Å². The zero-order valence-electron chi connectivity index (χ0n) is 14.7. The van der Waals surface area contributed by atoms with E-state index in [9.17, 15) is 8.42 Å². The molecule has 0 atom stereocenters. The predicted molar refractivity (Wildman–Crippen MR) is 103 cm³/mol. The number of rotatable bonds is 6. The van der Waals surface area contributed by atoms with Crippen molar-refractivity contribution < 1.29 is 13.2 Å². The van der Waals surface area contributed by atoms with Crippen LogP contribution >= 0.6 is 0 Å². The summed E-state index contributed by atoms with van der Waals surface area (Å²) in [6, 6.07) is 25.3. The van der Waals surface area contributed by atoms with Gasteiger partial charge in [-0.25, -0.2) is 8.42 Å². The number of nitrogens with zero attached hydrogens (tertiary/aromatic N) is 1. The van der Waals surface area contributed by atoms with Crippen molar-refractivity contribution in [1.82, 2.24) is 4.31 Å². The summed E-state index contributed by atoms with van der Waals surface area (Å²) in [6.45, 7) is 0. The molecule has 0 saturated heterocycles. The van der Waals surface area contributed by atoms with E-state index in [0.717, 1.165) is 11.1 Å². The van der Waals surface area contributed by atoms with E-state index in [0.29, 0.717) is 5.75 Å². The molecular weight excluding hydrogens is 346 g/mol. The zero-order chi connectivity index (χ0) is 18.6. The van der Waals surface area contributed by atoms with Gasteiger partial charge >= 0.3 is 0 Å². The van der Waals surface area contributed by atoms with Crippen molar-refractivity contribution in [2.24, 2.45) is 0 Å². The maximum atomic E-state index is 13.2. The quantitative estimate of drug-likeness (QED) is 0.659. The largest absolute Gasteiger partial charge is 0.497 e. The highest BCUT2D eigenvalue weighted by Crippen LogP contribution is 2.32. The molecule has 134 valence electrons. The van der Waals surface area contributed by atoms with E-state index >= 15 is 0 Å². The Balaban J connectivity index is 2.05. The average Bonchev–Trinajstić information content (AvgIpc) is 2.70. The maximum Gasteiger partial charge on any atom is 0.243 e. The van der Waals surface area contributed by atoms with Gasteiger partial charge < -0.3 is 4.74 Å². The fourth-order valence-corrected chi connectivity index (χ4v) is 4.27. The van der Waals surface area contributed by atoms with E-state index < -0.39 is 16.1 Å². The molecule has 26 heavy (non-hydrogen) atoms. The molecule has 0 aromatic heterocycles. The second-order valence-electron chi connectivity index (χ2n) is 5.92. The lowest BCUT2D eigenvalue weighted by Gasteiger charge is -2.28. The van der Waals surface area contributed by atoms with Gasteiger partial charge in [-0.2, -0.15) is 4.31 Å². The summed E-state index contributed by atoms with van der Waals surface area (Å²) in [6.07, 6.45) is 0. The second kappa shape index (κ2) is 7.72. The molecule has 5 heteroatoms. The van der Waals surface area contributed by atoms with E-state index in [1.165, 1.54) is 4.31 Å². The maximum absolute atomic E-state index is 13.2. The lowest BCUT2D eigenvalue weighted by molar-refractivity contribution is 0.412. The Kier molecular flexibility index (Phi) is 5.40. The van der Waals surface area contributed by atoms with Crippen LogP contribution in [0.25, 0.3) is 0 Å². The van der Waals surface area contributed by atoms with Crippen molar-refractivity contribution in [3.05, 3.63) is 96.1 Å². The molecule has 0 N–H and O–H groups in total. The van der Waals surface area contributed by atoms with E-state index in [1.54, 1.807) is 38.4 Å². The van der Waals surface area contributed by atoms with Gasteiger partial charge in [-0.3, -0.25) is 0 Å².